The third-order valence-electron chi connectivity index (χ3n) is 2.63. The smallest absolute Gasteiger partial charge is 0.199 e. The Bertz CT molecular complexity index is 477. The SMILES string of the molecule is OCC1CN(c2cncc3nnnn23)C1. The van der Waals surface area contributed by atoms with Crippen molar-refractivity contribution in [1.29, 1.82) is 0 Å². The number of tetrazole rings is 1. The fourth-order valence-electron chi connectivity index (χ4n) is 1.75. The van der Waals surface area contributed by atoms with Crippen LogP contribution in [0.2, 0.25) is 0 Å². The lowest BCUT2D eigenvalue weighted by Gasteiger charge is -2.39. The summed E-state index contributed by atoms with van der Waals surface area (Å²) in [6.45, 7) is 1.89. The minimum Gasteiger partial charge on any atom is -0.396 e. The third kappa shape index (κ3) is 1.23. The maximum Gasteiger partial charge on any atom is 0.199 e. The molecule has 3 heterocycles. The number of hydrogen-bond donors (Lipinski definition) is 1. The van der Waals surface area contributed by atoms with Gasteiger partial charge in [-0.1, -0.05) is 0 Å². The molecule has 7 heteroatoms. The van der Waals surface area contributed by atoms with Gasteiger partial charge in [-0.3, -0.25) is 4.98 Å². The molecule has 7 nitrogen and oxygen atoms in total. The van der Waals surface area contributed by atoms with E-state index in [4.69, 9.17) is 5.11 Å². The zero-order valence-electron chi connectivity index (χ0n) is 7.98. The lowest BCUT2D eigenvalue weighted by molar-refractivity contribution is 0.200. The molecule has 78 valence electrons. The van der Waals surface area contributed by atoms with Gasteiger partial charge in [0.2, 0.25) is 0 Å². The zero-order chi connectivity index (χ0) is 10.3. The van der Waals surface area contributed by atoms with Crippen LogP contribution in [-0.2, 0) is 0 Å². The molecule has 0 aromatic carbocycles. The topological polar surface area (TPSA) is 79.4 Å². The predicted octanol–water partition coefficient (Wildman–Crippen LogP) is -1.05. The van der Waals surface area contributed by atoms with E-state index in [0.717, 1.165) is 18.9 Å². The molecule has 0 aliphatic carbocycles. The van der Waals surface area contributed by atoms with Gasteiger partial charge < -0.3 is 10.0 Å². The summed E-state index contributed by atoms with van der Waals surface area (Å²) >= 11 is 0. The van der Waals surface area contributed by atoms with E-state index in [1.165, 1.54) is 0 Å². The number of aliphatic hydroxyl groups excluding tert-OH is 1. The van der Waals surface area contributed by atoms with Crippen LogP contribution in [0.25, 0.3) is 5.65 Å². The number of hydrogen-bond acceptors (Lipinski definition) is 6. The average molecular weight is 206 g/mol. The van der Waals surface area contributed by atoms with Crippen LogP contribution in [0.15, 0.2) is 12.4 Å². The van der Waals surface area contributed by atoms with Gasteiger partial charge in [0.25, 0.3) is 0 Å². The molecular formula is C8H10N6O. The molecule has 0 bridgehead atoms. The molecule has 1 aliphatic heterocycles. The van der Waals surface area contributed by atoms with Crippen LogP contribution in [0.4, 0.5) is 5.82 Å². The molecule has 1 aliphatic rings. The number of fused-ring (bicyclic) bond motifs is 1. The Labute approximate surface area is 85.3 Å². The van der Waals surface area contributed by atoms with Crippen LogP contribution in [0, 0.1) is 5.92 Å². The molecule has 3 rings (SSSR count). The summed E-state index contributed by atoms with van der Waals surface area (Å²) in [5.74, 6) is 1.24. The fraction of sp³-hybridized carbons (Fsp3) is 0.500. The van der Waals surface area contributed by atoms with E-state index in [1.54, 1.807) is 16.9 Å². The fourth-order valence-corrected chi connectivity index (χ4v) is 1.75. The minimum atomic E-state index is 0.232. The quantitative estimate of drug-likeness (QED) is 0.675. The van der Waals surface area contributed by atoms with E-state index in [-0.39, 0.29) is 6.61 Å². The molecule has 0 radical (unpaired) electrons. The molecule has 15 heavy (non-hydrogen) atoms. The molecule has 2 aromatic heterocycles. The number of rotatable bonds is 2. The second kappa shape index (κ2) is 3.13. The first-order valence-electron chi connectivity index (χ1n) is 4.76. The van der Waals surface area contributed by atoms with Gasteiger partial charge in [-0.15, -0.1) is 5.10 Å². The van der Waals surface area contributed by atoms with Gasteiger partial charge in [0, 0.05) is 25.6 Å². The van der Waals surface area contributed by atoms with Crippen LogP contribution in [0.5, 0.6) is 0 Å². The first-order valence-corrected chi connectivity index (χ1v) is 4.76. The highest BCUT2D eigenvalue weighted by atomic mass is 16.3. The van der Waals surface area contributed by atoms with Crippen LogP contribution < -0.4 is 4.90 Å². The van der Waals surface area contributed by atoms with Crippen LogP contribution in [0.3, 0.4) is 0 Å². The van der Waals surface area contributed by atoms with Crippen molar-refractivity contribution < 1.29 is 5.11 Å². The van der Waals surface area contributed by atoms with E-state index >= 15 is 0 Å². The van der Waals surface area contributed by atoms with E-state index in [0.29, 0.717) is 11.6 Å². The Morgan fingerprint density at radius 2 is 2.27 bits per heavy atom. The number of aliphatic hydroxyl groups is 1. The highest BCUT2D eigenvalue weighted by Gasteiger charge is 2.28. The molecule has 0 saturated carbocycles. The third-order valence-corrected chi connectivity index (χ3v) is 2.63. The van der Waals surface area contributed by atoms with Crippen molar-refractivity contribution in [2.45, 2.75) is 0 Å². The number of nitrogens with zero attached hydrogens (tertiary/aromatic N) is 6. The van der Waals surface area contributed by atoms with Gasteiger partial charge in [0.05, 0.1) is 12.4 Å². The van der Waals surface area contributed by atoms with E-state index in [2.05, 4.69) is 25.4 Å². The molecule has 0 spiro atoms. The van der Waals surface area contributed by atoms with Crippen LogP contribution >= 0.6 is 0 Å². The molecule has 0 atom stereocenters. The van der Waals surface area contributed by atoms with Crippen molar-refractivity contribution in [1.82, 2.24) is 25.0 Å². The summed E-state index contributed by atoms with van der Waals surface area (Å²) in [6, 6.07) is 0. The van der Waals surface area contributed by atoms with Gasteiger partial charge in [0.1, 0.15) is 0 Å². The summed E-state index contributed by atoms with van der Waals surface area (Å²) in [5, 5.41) is 20.2. The Hall–Kier alpha value is -1.76. The Morgan fingerprint density at radius 1 is 1.40 bits per heavy atom. The standard InChI is InChI=1S/C8H10N6O/c15-5-6-3-13(4-6)8-2-9-1-7-10-11-12-14(7)8/h1-2,6,15H,3-5H2. The largest absolute Gasteiger partial charge is 0.396 e. The second-order valence-electron chi connectivity index (χ2n) is 3.67. The summed E-state index contributed by atoms with van der Waals surface area (Å²) in [5.41, 5.74) is 0.639. The molecule has 0 amide bonds. The summed E-state index contributed by atoms with van der Waals surface area (Å²) in [6.07, 6.45) is 3.35. The van der Waals surface area contributed by atoms with Crippen molar-refractivity contribution in [3.8, 4) is 0 Å². The first kappa shape index (κ1) is 8.54. The molecule has 0 unspecified atom stereocenters. The van der Waals surface area contributed by atoms with Gasteiger partial charge in [-0.25, -0.2) is 0 Å². The summed E-state index contributed by atoms with van der Waals surface area (Å²) in [4.78, 5) is 6.17. The van der Waals surface area contributed by atoms with E-state index in [1.807, 2.05) is 0 Å². The van der Waals surface area contributed by atoms with Gasteiger partial charge >= 0.3 is 0 Å². The number of anilines is 1. The molecule has 1 N–H and O–H groups in total. The normalized spacial score (nSPS) is 17.0. The summed E-state index contributed by atoms with van der Waals surface area (Å²) < 4.78 is 1.65. The number of aromatic nitrogens is 5. The van der Waals surface area contributed by atoms with Gasteiger partial charge in [-0.05, 0) is 10.4 Å². The summed E-state index contributed by atoms with van der Waals surface area (Å²) in [7, 11) is 0. The van der Waals surface area contributed by atoms with Gasteiger partial charge in [0.15, 0.2) is 11.5 Å². The van der Waals surface area contributed by atoms with Crippen molar-refractivity contribution in [3.05, 3.63) is 12.4 Å². The van der Waals surface area contributed by atoms with Crippen molar-refractivity contribution in [3.63, 3.8) is 0 Å². The van der Waals surface area contributed by atoms with Gasteiger partial charge in [-0.2, -0.15) is 4.52 Å². The zero-order valence-corrected chi connectivity index (χ0v) is 7.98. The minimum absolute atomic E-state index is 0.232. The highest BCUT2D eigenvalue weighted by Crippen LogP contribution is 2.22. The lowest BCUT2D eigenvalue weighted by Crippen LogP contribution is -2.49. The predicted molar refractivity (Wildman–Crippen MR) is 51.4 cm³/mol. The van der Waals surface area contributed by atoms with Crippen LogP contribution in [-0.4, -0.2) is 49.8 Å². The molecule has 1 saturated heterocycles. The maximum atomic E-state index is 8.93. The second-order valence-corrected chi connectivity index (χ2v) is 3.67. The van der Waals surface area contributed by atoms with E-state index in [9.17, 15) is 0 Å². The maximum absolute atomic E-state index is 8.93. The van der Waals surface area contributed by atoms with Crippen LogP contribution in [0.1, 0.15) is 0 Å². The highest BCUT2D eigenvalue weighted by molar-refractivity contribution is 5.47. The van der Waals surface area contributed by atoms with E-state index < -0.39 is 0 Å². The molecular weight excluding hydrogens is 196 g/mol. The van der Waals surface area contributed by atoms with Crippen molar-refractivity contribution in [2.75, 3.05) is 24.6 Å². The average Bonchev–Trinajstić information content (AvgIpc) is 2.64. The lowest BCUT2D eigenvalue weighted by atomic mass is 10.0. The Balaban J connectivity index is 1.95. The molecule has 2 aromatic rings. The first-order chi connectivity index (χ1) is 7.38. The van der Waals surface area contributed by atoms with Crippen molar-refractivity contribution in [2.24, 2.45) is 5.92 Å². The Kier molecular flexibility index (Phi) is 1.78. The van der Waals surface area contributed by atoms with Crippen molar-refractivity contribution >= 4 is 11.5 Å². The Morgan fingerprint density at radius 3 is 3.07 bits per heavy atom. The molecule has 1 fully saturated rings. The monoisotopic (exact) mass is 206 g/mol.